The number of methoxy groups -OCH3 is 1. The minimum absolute atomic E-state index is 0.0187. The fourth-order valence-corrected chi connectivity index (χ4v) is 4.57. The number of aliphatic hydroxyl groups is 1. The van der Waals surface area contributed by atoms with Gasteiger partial charge in [0.1, 0.15) is 17.3 Å². The molecule has 1 aliphatic heterocycles. The molecule has 1 aliphatic rings. The van der Waals surface area contributed by atoms with Gasteiger partial charge in [0.2, 0.25) is 5.95 Å². The van der Waals surface area contributed by atoms with Crippen molar-refractivity contribution in [2.75, 3.05) is 37.6 Å². The van der Waals surface area contributed by atoms with Crippen molar-refractivity contribution < 1.29 is 24.2 Å². The number of anilines is 2. The maximum atomic E-state index is 13.5. The summed E-state index contributed by atoms with van der Waals surface area (Å²) in [4.78, 5) is 37.9. The zero-order chi connectivity index (χ0) is 27.0. The van der Waals surface area contributed by atoms with Gasteiger partial charge in [0, 0.05) is 31.4 Å². The van der Waals surface area contributed by atoms with Crippen LogP contribution in [0.2, 0.25) is 0 Å². The summed E-state index contributed by atoms with van der Waals surface area (Å²) in [7, 11) is 5.42. The monoisotopic (exact) mass is 512 g/mol. The summed E-state index contributed by atoms with van der Waals surface area (Å²) < 4.78 is 10.8. The molecule has 0 bridgehead atoms. The molecule has 9 heteroatoms. The Morgan fingerprint density at radius 3 is 2.34 bits per heavy atom. The van der Waals surface area contributed by atoms with Crippen molar-refractivity contribution >= 4 is 40.1 Å². The van der Waals surface area contributed by atoms with Crippen LogP contribution >= 0.6 is 0 Å². The molecule has 2 N–H and O–H groups in total. The Balaban J connectivity index is 1.67. The van der Waals surface area contributed by atoms with E-state index in [2.05, 4.69) is 9.97 Å². The summed E-state index contributed by atoms with van der Waals surface area (Å²) in [6, 6.07) is 18.6. The highest BCUT2D eigenvalue weighted by molar-refractivity contribution is 6.51. The number of aromatic nitrogens is 2. The highest BCUT2D eigenvalue weighted by Crippen LogP contribution is 2.42. The lowest BCUT2D eigenvalue weighted by atomic mass is 9.95. The van der Waals surface area contributed by atoms with Crippen molar-refractivity contribution in [3.05, 3.63) is 83.4 Å². The Labute approximate surface area is 219 Å². The molecule has 0 radical (unpaired) electrons. The van der Waals surface area contributed by atoms with Crippen LogP contribution < -0.4 is 19.3 Å². The number of Topliss-reactive ketones (excluding diaryl/α,β-unsaturated/α-hetero) is 1. The molecule has 1 saturated heterocycles. The number of hydrogen-bond acceptors (Lipinski definition) is 7. The maximum absolute atomic E-state index is 13.5. The lowest BCUT2D eigenvalue weighted by Gasteiger charge is -2.23. The summed E-state index contributed by atoms with van der Waals surface area (Å²) in [6.07, 6.45) is 0. The van der Waals surface area contributed by atoms with Gasteiger partial charge in [0.25, 0.3) is 5.78 Å². The number of imidazole rings is 1. The van der Waals surface area contributed by atoms with E-state index in [4.69, 9.17) is 9.47 Å². The molecule has 9 nitrogen and oxygen atoms in total. The number of H-pyrrole nitrogens is 1. The maximum Gasteiger partial charge on any atom is 0.302 e. The fourth-order valence-electron chi connectivity index (χ4n) is 4.57. The van der Waals surface area contributed by atoms with Crippen LogP contribution in [0.15, 0.2) is 72.3 Å². The smallest absolute Gasteiger partial charge is 0.302 e. The van der Waals surface area contributed by atoms with Gasteiger partial charge in [-0.2, -0.15) is 0 Å². The highest BCUT2D eigenvalue weighted by Gasteiger charge is 2.48. The molecule has 0 spiro atoms. The SMILES string of the molecule is CCOc1ccc(/C(O)=C2\C(=O)C(=O)N(c3nc4ccc(OC)cc4[nH]3)C2c2ccc(N(C)C)cc2)cc1. The largest absolute Gasteiger partial charge is 0.507 e. The van der Waals surface area contributed by atoms with Crippen molar-refractivity contribution in [3.63, 3.8) is 0 Å². The number of nitrogens with zero attached hydrogens (tertiary/aromatic N) is 3. The number of fused-ring (bicyclic) bond motifs is 1. The van der Waals surface area contributed by atoms with Crippen molar-refractivity contribution in [1.82, 2.24) is 9.97 Å². The van der Waals surface area contributed by atoms with E-state index in [0.29, 0.717) is 40.3 Å². The van der Waals surface area contributed by atoms with E-state index in [9.17, 15) is 14.7 Å². The lowest BCUT2D eigenvalue weighted by molar-refractivity contribution is -0.132. The quantitative estimate of drug-likeness (QED) is 0.211. The summed E-state index contributed by atoms with van der Waals surface area (Å²) in [5, 5.41) is 11.4. The number of aromatic amines is 1. The molecule has 5 rings (SSSR count). The van der Waals surface area contributed by atoms with Gasteiger partial charge in [-0.15, -0.1) is 0 Å². The molecule has 0 saturated carbocycles. The standard InChI is InChI=1S/C29H28N4O5/c1-5-38-20-12-8-18(9-13-20)26(34)24-25(17-6-10-19(11-7-17)32(2)3)33(28(36)27(24)35)29-30-22-15-14-21(37-4)16-23(22)31-29/h6-16,25,34H,5H2,1-4H3,(H,30,31)/b26-24+. The Morgan fingerprint density at radius 1 is 1.03 bits per heavy atom. The molecule has 1 fully saturated rings. The third kappa shape index (κ3) is 4.32. The number of benzene rings is 3. The number of carbonyl (C=O) groups excluding carboxylic acids is 2. The van der Waals surface area contributed by atoms with Crippen LogP contribution in [0.4, 0.5) is 11.6 Å². The summed E-state index contributed by atoms with van der Waals surface area (Å²) in [6.45, 7) is 2.38. The predicted molar refractivity (Wildman–Crippen MR) is 146 cm³/mol. The molecule has 1 amide bonds. The number of nitrogens with one attached hydrogen (secondary N) is 1. The van der Waals surface area contributed by atoms with E-state index in [1.165, 1.54) is 4.90 Å². The molecule has 4 aromatic rings. The van der Waals surface area contributed by atoms with E-state index in [0.717, 1.165) is 5.69 Å². The number of rotatable bonds is 7. The first kappa shape index (κ1) is 24.9. The van der Waals surface area contributed by atoms with Crippen molar-refractivity contribution in [3.8, 4) is 11.5 Å². The number of carbonyl (C=O) groups is 2. The third-order valence-corrected chi connectivity index (χ3v) is 6.51. The van der Waals surface area contributed by atoms with Gasteiger partial charge in [-0.3, -0.25) is 14.5 Å². The van der Waals surface area contributed by atoms with Crippen molar-refractivity contribution in [1.29, 1.82) is 0 Å². The van der Waals surface area contributed by atoms with E-state index in [-0.39, 0.29) is 17.3 Å². The van der Waals surface area contributed by atoms with Crippen LogP contribution in [0.1, 0.15) is 24.1 Å². The highest BCUT2D eigenvalue weighted by atomic mass is 16.5. The minimum atomic E-state index is -0.903. The molecule has 1 atom stereocenters. The number of aliphatic hydroxyl groups excluding tert-OH is 1. The van der Waals surface area contributed by atoms with Gasteiger partial charge >= 0.3 is 5.91 Å². The van der Waals surface area contributed by atoms with Gasteiger partial charge in [-0.05, 0) is 61.0 Å². The molecule has 38 heavy (non-hydrogen) atoms. The number of ketones is 1. The fraction of sp³-hybridized carbons (Fsp3) is 0.207. The molecule has 1 aromatic heterocycles. The van der Waals surface area contributed by atoms with Gasteiger partial charge in [-0.25, -0.2) is 4.98 Å². The number of hydrogen-bond donors (Lipinski definition) is 2. The first-order chi connectivity index (χ1) is 18.3. The summed E-state index contributed by atoms with van der Waals surface area (Å²) >= 11 is 0. The third-order valence-electron chi connectivity index (χ3n) is 6.51. The Bertz CT molecular complexity index is 1540. The van der Waals surface area contributed by atoms with Crippen LogP contribution in [0.5, 0.6) is 11.5 Å². The lowest BCUT2D eigenvalue weighted by Crippen LogP contribution is -2.30. The first-order valence-corrected chi connectivity index (χ1v) is 12.2. The summed E-state index contributed by atoms with van der Waals surface area (Å²) in [5.41, 5.74) is 3.24. The molecule has 2 heterocycles. The number of amides is 1. The van der Waals surface area contributed by atoms with Crippen molar-refractivity contribution in [2.24, 2.45) is 0 Å². The molecule has 1 unspecified atom stereocenters. The summed E-state index contributed by atoms with van der Waals surface area (Å²) in [5.74, 6) is -0.392. The van der Waals surface area contributed by atoms with Gasteiger partial charge in [-0.1, -0.05) is 12.1 Å². The predicted octanol–water partition coefficient (Wildman–Crippen LogP) is 4.66. The Kier molecular flexibility index (Phi) is 6.50. The van der Waals surface area contributed by atoms with Crippen LogP contribution in [-0.2, 0) is 9.59 Å². The van der Waals surface area contributed by atoms with E-state index < -0.39 is 17.7 Å². The topological polar surface area (TPSA) is 108 Å². The van der Waals surface area contributed by atoms with Gasteiger partial charge in [0.05, 0.1) is 36.4 Å². The molecule has 3 aromatic carbocycles. The van der Waals surface area contributed by atoms with Crippen LogP contribution in [0, 0.1) is 0 Å². The average molecular weight is 513 g/mol. The zero-order valence-electron chi connectivity index (χ0n) is 21.6. The zero-order valence-corrected chi connectivity index (χ0v) is 21.6. The van der Waals surface area contributed by atoms with Crippen molar-refractivity contribution in [2.45, 2.75) is 13.0 Å². The molecule has 194 valence electrons. The second-order valence-corrected chi connectivity index (χ2v) is 9.06. The second kappa shape index (κ2) is 9.93. The second-order valence-electron chi connectivity index (χ2n) is 9.06. The average Bonchev–Trinajstić information content (AvgIpc) is 3.46. The van der Waals surface area contributed by atoms with Gasteiger partial charge in [0.15, 0.2) is 0 Å². The Morgan fingerprint density at radius 2 is 1.71 bits per heavy atom. The van der Waals surface area contributed by atoms with E-state index >= 15 is 0 Å². The Hall–Kier alpha value is -4.79. The minimum Gasteiger partial charge on any atom is -0.507 e. The first-order valence-electron chi connectivity index (χ1n) is 12.2. The van der Waals surface area contributed by atoms with Crippen LogP contribution in [0.25, 0.3) is 16.8 Å². The molecular formula is C29H28N4O5. The molecule has 0 aliphatic carbocycles. The molecular weight excluding hydrogens is 484 g/mol. The van der Waals surface area contributed by atoms with E-state index in [1.54, 1.807) is 49.6 Å². The van der Waals surface area contributed by atoms with Crippen LogP contribution in [-0.4, -0.2) is 54.6 Å². The van der Waals surface area contributed by atoms with E-state index in [1.807, 2.05) is 50.2 Å². The van der Waals surface area contributed by atoms with Gasteiger partial charge < -0.3 is 24.5 Å². The normalized spacial score (nSPS) is 16.7. The number of ether oxygens (including phenoxy) is 2. The van der Waals surface area contributed by atoms with Crippen LogP contribution in [0.3, 0.4) is 0 Å².